The lowest BCUT2D eigenvalue weighted by atomic mass is 9.78. The van der Waals surface area contributed by atoms with Gasteiger partial charge in [-0.05, 0) is 133 Å². The number of fused-ring (bicyclic) bond motifs is 3. The molecule has 14 nitrogen and oxygen atoms in total. The predicted molar refractivity (Wildman–Crippen MR) is 259 cm³/mol. The molecule has 4 N–H and O–H groups in total. The molecule has 3 heterocycles. The minimum Gasteiger partial charge on any atom is -0.461 e. The lowest BCUT2D eigenvalue weighted by Gasteiger charge is -2.43. The van der Waals surface area contributed by atoms with Crippen molar-refractivity contribution in [1.29, 1.82) is 0 Å². The third kappa shape index (κ3) is 16.5. The van der Waals surface area contributed by atoms with E-state index < -0.39 is 75.9 Å². The Labute approximate surface area is 401 Å². The first-order valence-corrected chi connectivity index (χ1v) is 26.8. The second-order valence-electron chi connectivity index (χ2n) is 20.6. The summed E-state index contributed by atoms with van der Waals surface area (Å²) >= 11 is 0. The summed E-state index contributed by atoms with van der Waals surface area (Å²) in [5.41, 5.74) is 1.36. The second kappa shape index (κ2) is 26.2. The fraction of sp³-hybridized carbons (Fsp3) is 0.769. The molecule has 0 aromatic rings. The number of sulfonamides is 1. The molecule has 2 bridgehead atoms. The zero-order chi connectivity index (χ0) is 49.6. The van der Waals surface area contributed by atoms with Gasteiger partial charge in [-0.1, -0.05) is 83.6 Å². The van der Waals surface area contributed by atoms with E-state index >= 15 is 0 Å². The average molecular weight is 961 g/mol. The molecule has 1 amide bonds. The number of ether oxygens (including phenoxy) is 3. The largest absolute Gasteiger partial charge is 0.461 e. The Morgan fingerprint density at radius 1 is 0.896 bits per heavy atom. The van der Waals surface area contributed by atoms with E-state index in [2.05, 4.69) is 4.72 Å². The highest BCUT2D eigenvalue weighted by atomic mass is 32.2. The summed E-state index contributed by atoms with van der Waals surface area (Å²) in [5.74, 6) is -6.37. The zero-order valence-corrected chi connectivity index (χ0v) is 42.7. The summed E-state index contributed by atoms with van der Waals surface area (Å²) in [6, 6.07) is -1.82. The normalized spacial score (nSPS) is 38.7. The first-order valence-electron chi connectivity index (χ1n) is 25.2. The predicted octanol–water partition coefficient (Wildman–Crippen LogP) is 7.06. The minimum absolute atomic E-state index is 0.00302. The number of hydrogen-bond acceptors (Lipinski definition) is 12. The monoisotopic (exact) mass is 961 g/mol. The van der Waals surface area contributed by atoms with Crippen molar-refractivity contribution < 1.29 is 57.1 Å². The summed E-state index contributed by atoms with van der Waals surface area (Å²) in [7, 11) is -2.11. The van der Waals surface area contributed by atoms with Crippen molar-refractivity contribution in [3.8, 4) is 0 Å². The van der Waals surface area contributed by atoms with Crippen LogP contribution >= 0.6 is 0 Å². The number of amides is 1. The first kappa shape index (κ1) is 56.5. The molecule has 0 radical (unpaired) electrons. The number of hydrogen-bond donors (Lipinski definition) is 4. The highest BCUT2D eigenvalue weighted by Crippen LogP contribution is 2.38. The van der Waals surface area contributed by atoms with Crippen molar-refractivity contribution >= 4 is 33.5 Å². The van der Waals surface area contributed by atoms with Gasteiger partial charge >= 0.3 is 5.97 Å². The molecule has 4 rings (SSSR count). The number of nitrogens with one attached hydrogen (secondary N) is 1. The van der Waals surface area contributed by atoms with Crippen LogP contribution in [0.2, 0.25) is 0 Å². The molecule has 1 aliphatic carbocycles. The molecule has 14 atom stereocenters. The van der Waals surface area contributed by atoms with Crippen LogP contribution in [0, 0.1) is 35.5 Å². The van der Waals surface area contributed by atoms with Gasteiger partial charge in [-0.25, -0.2) is 17.9 Å². The van der Waals surface area contributed by atoms with E-state index in [1.807, 2.05) is 58.9 Å². The quantitative estimate of drug-likeness (QED) is 0.110. The van der Waals surface area contributed by atoms with Gasteiger partial charge in [0.2, 0.25) is 15.8 Å². The summed E-state index contributed by atoms with van der Waals surface area (Å²) in [6.45, 7) is 15.1. The van der Waals surface area contributed by atoms with Crippen LogP contribution in [0.4, 0.5) is 0 Å². The maximum absolute atomic E-state index is 14.4. The molecular weight excluding hydrogens is 877 g/mol. The van der Waals surface area contributed by atoms with E-state index in [1.54, 1.807) is 40.0 Å². The number of carbonyl (C=O) groups is 4. The van der Waals surface area contributed by atoms with Crippen LogP contribution in [0.3, 0.4) is 0 Å². The van der Waals surface area contributed by atoms with E-state index in [0.717, 1.165) is 6.42 Å². The standard InChI is InChI=1S/C52H84N2O12S/c1-10-26-67(62,63)53-42-31-41-22-20-39(8)52(61,66-41)49(58)50(59)54-25-15-14-18-43(54)51(60)65-47(38(7)29-40-21-23-44(55)48(30-40)64-9)24-19-34(3)28-37(6)46(57)32-45(56)36(5)27-33(2)16-12-11-13-17-35(42)4/h11-13,16-17,28,33-34,36,38-44,46-48,53,55,57,61H,10,14-15,18-27,29-32H2,1-9H3/b13-11+,16-12+,35-17+,37-28+/t33-,34+,36-,38-,39-,40+,41+,42+,43+,44-,46+,47+,48-,52-/m1/s1. The van der Waals surface area contributed by atoms with Gasteiger partial charge in [0.1, 0.15) is 17.9 Å². The van der Waals surface area contributed by atoms with E-state index in [-0.39, 0.29) is 73.0 Å². The van der Waals surface area contributed by atoms with Crippen LogP contribution in [0.1, 0.15) is 152 Å². The molecule has 0 aromatic heterocycles. The number of aliphatic hydroxyl groups excluding tert-OH is 2. The molecule has 1 saturated carbocycles. The maximum atomic E-state index is 14.4. The lowest BCUT2D eigenvalue weighted by Crippen LogP contribution is -2.61. The Morgan fingerprint density at radius 3 is 2.33 bits per heavy atom. The van der Waals surface area contributed by atoms with Crippen LogP contribution < -0.4 is 4.72 Å². The Hall–Kier alpha value is -3.05. The van der Waals surface area contributed by atoms with Crippen LogP contribution in [0.15, 0.2) is 47.6 Å². The highest BCUT2D eigenvalue weighted by Gasteiger charge is 2.53. The van der Waals surface area contributed by atoms with Crippen molar-refractivity contribution in [3.05, 3.63) is 47.6 Å². The van der Waals surface area contributed by atoms with Crippen molar-refractivity contribution in [1.82, 2.24) is 9.62 Å². The number of carbonyl (C=O) groups excluding carboxylic acids is 4. The molecular formula is C52H84N2O12S. The number of allylic oxidation sites excluding steroid dienone is 6. The smallest absolute Gasteiger partial charge is 0.329 e. The van der Waals surface area contributed by atoms with Crippen LogP contribution in [-0.2, 0) is 43.4 Å². The van der Waals surface area contributed by atoms with Gasteiger partial charge in [0.05, 0.1) is 30.2 Å². The number of esters is 1. The van der Waals surface area contributed by atoms with Gasteiger partial charge in [0, 0.05) is 38.0 Å². The fourth-order valence-corrected chi connectivity index (χ4v) is 11.8. The topological polar surface area (TPSA) is 206 Å². The SMILES string of the molecule is CCCS(=O)(=O)N[C@H]1C[C@@H]2CC[C@@H](C)[C@@](O)(O2)C(=O)C(=O)N2CCCC[C@H]2C(=O)O[C@H]([C@H](C)C[C@@H]2CC[C@@H](O)[C@H](OC)C2)CC[C@H](C)/C=C(\C)[C@@H](O)CC(=O)[C@H](C)C[C@H](C)/C=C/C=C/C=C/1C. The summed E-state index contributed by atoms with van der Waals surface area (Å²) < 4.78 is 47.2. The van der Waals surface area contributed by atoms with Crippen molar-refractivity contribution in [2.24, 2.45) is 35.5 Å². The Morgan fingerprint density at radius 2 is 1.63 bits per heavy atom. The van der Waals surface area contributed by atoms with Gasteiger partial charge in [0.25, 0.3) is 11.7 Å². The molecule has 0 aromatic carbocycles. The molecule has 0 unspecified atom stereocenters. The number of piperidine rings is 1. The lowest BCUT2D eigenvalue weighted by molar-refractivity contribution is -0.264. The summed E-state index contributed by atoms with van der Waals surface area (Å²) in [5, 5.41) is 33.7. The Kier molecular flexibility index (Phi) is 22.1. The average Bonchev–Trinajstić information content (AvgIpc) is 3.27. The Balaban J connectivity index is 1.69. The summed E-state index contributed by atoms with van der Waals surface area (Å²) in [4.78, 5) is 57.6. The third-order valence-corrected chi connectivity index (χ3v) is 16.4. The van der Waals surface area contributed by atoms with Crippen molar-refractivity contribution in [3.63, 3.8) is 0 Å². The maximum Gasteiger partial charge on any atom is 0.329 e. The molecule has 3 aliphatic heterocycles. The second-order valence-corrected chi connectivity index (χ2v) is 22.5. The number of cyclic esters (lactones) is 1. The fourth-order valence-electron chi connectivity index (χ4n) is 10.4. The first-order chi connectivity index (χ1) is 31.6. The molecule has 380 valence electrons. The van der Waals surface area contributed by atoms with E-state index in [9.17, 15) is 42.9 Å². The minimum atomic E-state index is -3.71. The van der Waals surface area contributed by atoms with Gasteiger partial charge in [-0.3, -0.25) is 14.4 Å². The molecule has 0 spiro atoms. The van der Waals surface area contributed by atoms with Crippen LogP contribution in [0.5, 0.6) is 0 Å². The van der Waals surface area contributed by atoms with E-state index in [1.165, 1.54) is 4.90 Å². The number of nitrogens with zero attached hydrogens (tertiary/aromatic N) is 1. The van der Waals surface area contributed by atoms with E-state index in [4.69, 9.17) is 14.2 Å². The van der Waals surface area contributed by atoms with Gasteiger partial charge in [0.15, 0.2) is 0 Å². The number of aliphatic hydroxyl groups is 3. The zero-order valence-electron chi connectivity index (χ0n) is 41.9. The highest BCUT2D eigenvalue weighted by molar-refractivity contribution is 7.89. The van der Waals surface area contributed by atoms with Gasteiger partial charge < -0.3 is 34.4 Å². The van der Waals surface area contributed by atoms with Gasteiger partial charge in [-0.15, -0.1) is 0 Å². The van der Waals surface area contributed by atoms with E-state index in [0.29, 0.717) is 81.8 Å². The molecule has 3 fully saturated rings. The number of ketones is 2. The van der Waals surface area contributed by atoms with Gasteiger partial charge in [-0.2, -0.15) is 0 Å². The molecule has 15 heteroatoms. The van der Waals surface area contributed by atoms with Crippen LogP contribution in [-0.4, -0.2) is 120 Å². The molecule has 4 aliphatic rings. The number of methoxy groups -OCH3 is 1. The molecule has 2 saturated heterocycles. The van der Waals surface area contributed by atoms with Crippen molar-refractivity contribution in [2.45, 2.75) is 200 Å². The summed E-state index contributed by atoms with van der Waals surface area (Å²) in [6.07, 6.45) is 15.3. The number of Topliss-reactive ketones (excluding diaryl/α,β-unsaturated/α-hetero) is 2. The van der Waals surface area contributed by atoms with Crippen LogP contribution in [0.25, 0.3) is 0 Å². The third-order valence-electron chi connectivity index (χ3n) is 14.8. The number of rotatable bonds is 8. The Bertz CT molecular complexity index is 1900. The van der Waals surface area contributed by atoms with Crippen molar-refractivity contribution in [2.75, 3.05) is 19.4 Å². The molecule has 67 heavy (non-hydrogen) atoms.